The highest BCUT2D eigenvalue weighted by molar-refractivity contribution is 6.32. The zero-order valence-electron chi connectivity index (χ0n) is 13.2. The molecule has 4 heteroatoms. The molecule has 1 N–H and O–H groups in total. The molecule has 0 aliphatic heterocycles. The predicted molar refractivity (Wildman–Crippen MR) is 92.2 cm³/mol. The summed E-state index contributed by atoms with van der Waals surface area (Å²) in [4.78, 5) is 10.9. The first-order valence-corrected chi connectivity index (χ1v) is 8.12. The zero-order chi connectivity index (χ0) is 16.7. The molecule has 0 spiro atoms. The van der Waals surface area contributed by atoms with E-state index in [4.69, 9.17) is 21.4 Å². The van der Waals surface area contributed by atoms with Crippen LogP contribution >= 0.6 is 11.6 Å². The predicted octanol–water partition coefficient (Wildman–Crippen LogP) is 4.61. The fourth-order valence-corrected chi connectivity index (χ4v) is 2.59. The summed E-state index contributed by atoms with van der Waals surface area (Å²) in [5.41, 5.74) is 2.20. The average Bonchev–Trinajstić information content (AvgIpc) is 2.54. The Bertz CT molecular complexity index is 640. The molecule has 3 nitrogen and oxygen atoms in total. The lowest BCUT2D eigenvalue weighted by Gasteiger charge is -2.11. The second-order valence-electron chi connectivity index (χ2n) is 5.65. The number of hydrogen-bond acceptors (Lipinski definition) is 2. The summed E-state index contributed by atoms with van der Waals surface area (Å²) >= 11 is 6.22. The number of halogens is 1. The number of hydrogen-bond donors (Lipinski definition) is 1. The van der Waals surface area contributed by atoms with Gasteiger partial charge in [0.15, 0.2) is 0 Å². The van der Waals surface area contributed by atoms with E-state index in [1.54, 1.807) is 13.0 Å². The van der Waals surface area contributed by atoms with Crippen LogP contribution in [0, 0.1) is 5.92 Å². The highest BCUT2D eigenvalue weighted by atomic mass is 35.5. The largest absolute Gasteiger partial charge is 0.492 e. The molecule has 0 aliphatic carbocycles. The lowest BCUT2D eigenvalue weighted by atomic mass is 10.0. The van der Waals surface area contributed by atoms with E-state index in [2.05, 4.69) is 12.1 Å². The van der Waals surface area contributed by atoms with Gasteiger partial charge >= 0.3 is 5.97 Å². The summed E-state index contributed by atoms with van der Waals surface area (Å²) in [5, 5.41) is 9.47. The van der Waals surface area contributed by atoms with Gasteiger partial charge in [0, 0.05) is 0 Å². The third-order valence-corrected chi connectivity index (χ3v) is 3.97. The zero-order valence-corrected chi connectivity index (χ0v) is 13.9. The van der Waals surface area contributed by atoms with Crippen LogP contribution in [-0.4, -0.2) is 17.7 Å². The van der Waals surface area contributed by atoms with Crippen LogP contribution in [0.5, 0.6) is 5.75 Å². The standard InChI is InChI=1S/C19H21ClO3/c1-14(19(21)22)12-16-9-10-18(17(20)13-16)23-11-5-8-15-6-3-2-4-7-15/h2-4,6-7,9-10,13-14H,5,8,11-12H2,1H3,(H,21,22)/t14-/m1/s1. The van der Waals surface area contributed by atoms with Gasteiger partial charge in [-0.1, -0.05) is 54.9 Å². The van der Waals surface area contributed by atoms with Crippen molar-refractivity contribution >= 4 is 17.6 Å². The molecule has 0 heterocycles. The summed E-state index contributed by atoms with van der Waals surface area (Å²) in [6.07, 6.45) is 2.34. The van der Waals surface area contributed by atoms with E-state index in [1.807, 2.05) is 30.3 Å². The minimum absolute atomic E-state index is 0.427. The van der Waals surface area contributed by atoms with Crippen molar-refractivity contribution in [1.29, 1.82) is 0 Å². The molecular weight excluding hydrogens is 312 g/mol. The van der Waals surface area contributed by atoms with Gasteiger partial charge in [-0.2, -0.15) is 0 Å². The van der Waals surface area contributed by atoms with E-state index in [0.717, 1.165) is 18.4 Å². The lowest BCUT2D eigenvalue weighted by molar-refractivity contribution is -0.141. The molecule has 0 amide bonds. The summed E-state index contributed by atoms with van der Waals surface area (Å²) in [6, 6.07) is 15.7. The maximum absolute atomic E-state index is 10.9. The normalized spacial score (nSPS) is 11.9. The van der Waals surface area contributed by atoms with Crippen molar-refractivity contribution in [1.82, 2.24) is 0 Å². The van der Waals surface area contributed by atoms with Crippen molar-refractivity contribution in [2.75, 3.05) is 6.61 Å². The Morgan fingerprint density at radius 1 is 1.17 bits per heavy atom. The van der Waals surface area contributed by atoms with Crippen molar-refractivity contribution in [2.24, 2.45) is 5.92 Å². The van der Waals surface area contributed by atoms with Crippen LogP contribution in [0.25, 0.3) is 0 Å². The van der Waals surface area contributed by atoms with Crippen LogP contribution < -0.4 is 4.74 Å². The van der Waals surface area contributed by atoms with E-state index in [0.29, 0.717) is 23.8 Å². The number of aryl methyl sites for hydroxylation is 1. The quantitative estimate of drug-likeness (QED) is 0.718. The van der Waals surface area contributed by atoms with Gasteiger partial charge in [-0.25, -0.2) is 0 Å². The summed E-state index contributed by atoms with van der Waals surface area (Å²) in [7, 11) is 0. The van der Waals surface area contributed by atoms with Gasteiger partial charge in [0.05, 0.1) is 17.5 Å². The summed E-state index contributed by atoms with van der Waals surface area (Å²) < 4.78 is 5.72. The number of aliphatic carboxylic acids is 1. The van der Waals surface area contributed by atoms with Crippen LogP contribution in [0.2, 0.25) is 5.02 Å². The minimum Gasteiger partial charge on any atom is -0.492 e. The number of carboxylic acids is 1. The molecule has 1 atom stereocenters. The molecule has 0 saturated heterocycles. The smallest absolute Gasteiger partial charge is 0.306 e. The number of carbonyl (C=O) groups is 1. The van der Waals surface area contributed by atoms with E-state index in [-0.39, 0.29) is 0 Å². The Balaban J connectivity index is 1.82. The molecular formula is C19H21ClO3. The van der Waals surface area contributed by atoms with Crippen molar-refractivity contribution in [3.05, 3.63) is 64.7 Å². The molecule has 0 aromatic heterocycles. The molecule has 122 valence electrons. The van der Waals surface area contributed by atoms with Gasteiger partial charge in [0.2, 0.25) is 0 Å². The minimum atomic E-state index is -0.803. The first-order chi connectivity index (χ1) is 11.1. The van der Waals surface area contributed by atoms with Crippen molar-refractivity contribution in [2.45, 2.75) is 26.2 Å². The van der Waals surface area contributed by atoms with Gasteiger partial charge in [0.1, 0.15) is 5.75 Å². The maximum atomic E-state index is 10.9. The van der Waals surface area contributed by atoms with E-state index in [1.165, 1.54) is 5.56 Å². The fraction of sp³-hybridized carbons (Fsp3) is 0.316. The van der Waals surface area contributed by atoms with Crippen LogP contribution in [0.15, 0.2) is 48.5 Å². The Hall–Kier alpha value is -2.00. The van der Waals surface area contributed by atoms with Crippen LogP contribution in [0.1, 0.15) is 24.5 Å². The first kappa shape index (κ1) is 17.4. The maximum Gasteiger partial charge on any atom is 0.306 e. The number of rotatable bonds is 8. The molecule has 2 aromatic carbocycles. The van der Waals surface area contributed by atoms with Gasteiger partial charge < -0.3 is 9.84 Å². The Kier molecular flexibility index (Phi) is 6.48. The fourth-order valence-electron chi connectivity index (χ4n) is 2.33. The molecule has 0 bridgehead atoms. The number of benzene rings is 2. The second kappa shape index (κ2) is 8.59. The van der Waals surface area contributed by atoms with Gasteiger partial charge in [0.25, 0.3) is 0 Å². The molecule has 0 aliphatic rings. The number of ether oxygens (including phenoxy) is 1. The molecule has 0 radical (unpaired) electrons. The highest BCUT2D eigenvalue weighted by Gasteiger charge is 2.12. The summed E-state index contributed by atoms with van der Waals surface area (Å²) in [6.45, 7) is 2.28. The summed E-state index contributed by atoms with van der Waals surface area (Å²) in [5.74, 6) is -0.586. The van der Waals surface area contributed by atoms with Gasteiger partial charge in [-0.05, 0) is 42.5 Å². The second-order valence-corrected chi connectivity index (χ2v) is 6.05. The van der Waals surface area contributed by atoms with Crippen LogP contribution in [0.4, 0.5) is 0 Å². The highest BCUT2D eigenvalue weighted by Crippen LogP contribution is 2.26. The van der Waals surface area contributed by atoms with Gasteiger partial charge in [-0.15, -0.1) is 0 Å². The topological polar surface area (TPSA) is 46.5 Å². The van der Waals surface area contributed by atoms with E-state index >= 15 is 0 Å². The van der Waals surface area contributed by atoms with Gasteiger partial charge in [-0.3, -0.25) is 4.79 Å². The molecule has 23 heavy (non-hydrogen) atoms. The Labute approximate surface area is 141 Å². The monoisotopic (exact) mass is 332 g/mol. The van der Waals surface area contributed by atoms with Crippen molar-refractivity contribution < 1.29 is 14.6 Å². The molecule has 0 unspecified atom stereocenters. The molecule has 2 rings (SSSR count). The van der Waals surface area contributed by atoms with Crippen LogP contribution in [-0.2, 0) is 17.6 Å². The lowest BCUT2D eigenvalue weighted by Crippen LogP contribution is -2.12. The third-order valence-electron chi connectivity index (χ3n) is 3.67. The van der Waals surface area contributed by atoms with Crippen molar-refractivity contribution in [3.63, 3.8) is 0 Å². The Morgan fingerprint density at radius 3 is 2.57 bits per heavy atom. The third kappa shape index (κ3) is 5.61. The first-order valence-electron chi connectivity index (χ1n) is 7.74. The molecule has 2 aromatic rings. The average molecular weight is 333 g/mol. The van der Waals surface area contributed by atoms with E-state index in [9.17, 15) is 4.79 Å². The number of carboxylic acid groups (broad SMARTS) is 1. The molecule has 0 saturated carbocycles. The SMILES string of the molecule is C[C@H](Cc1ccc(OCCCc2ccccc2)c(Cl)c1)C(=O)O. The molecule has 0 fully saturated rings. The Morgan fingerprint density at radius 2 is 1.91 bits per heavy atom. The van der Waals surface area contributed by atoms with E-state index < -0.39 is 11.9 Å². The van der Waals surface area contributed by atoms with Crippen LogP contribution in [0.3, 0.4) is 0 Å². The van der Waals surface area contributed by atoms with Crippen molar-refractivity contribution in [3.8, 4) is 5.75 Å².